The molecule has 0 saturated carbocycles. The second-order valence-corrected chi connectivity index (χ2v) is 4.04. The predicted octanol–water partition coefficient (Wildman–Crippen LogP) is -0.0679. The van der Waals surface area contributed by atoms with E-state index in [1.54, 1.807) is 0 Å². The van der Waals surface area contributed by atoms with E-state index in [1.165, 1.54) is 24.1 Å². The van der Waals surface area contributed by atoms with Crippen molar-refractivity contribution in [2.24, 2.45) is 0 Å². The van der Waals surface area contributed by atoms with Gasteiger partial charge in [-0.15, -0.1) is 0 Å². The van der Waals surface area contributed by atoms with Crippen LogP contribution in [0.2, 0.25) is 0 Å². The van der Waals surface area contributed by atoms with Gasteiger partial charge in [0, 0.05) is 0 Å². The van der Waals surface area contributed by atoms with E-state index in [1.807, 2.05) is 0 Å². The van der Waals surface area contributed by atoms with Crippen molar-refractivity contribution >= 4 is 7.82 Å². The Morgan fingerprint density at radius 2 is 1.31 bits per heavy atom. The lowest BCUT2D eigenvalue weighted by atomic mass is 10.4. The molecule has 0 amide bonds. The van der Waals surface area contributed by atoms with E-state index in [0.29, 0.717) is 0 Å². The molecule has 0 aromatic heterocycles. The Bertz CT molecular complexity index is 147. The molecule has 0 aliphatic carbocycles. The molecule has 13 heavy (non-hydrogen) atoms. The number of hydrogen-bond donors (Lipinski definition) is 2. The maximum atomic E-state index is 8.77. The molecule has 0 atom stereocenters. The maximum absolute atomic E-state index is 8.77. The molecule has 5 nitrogen and oxygen atoms in total. The average Bonchev–Trinajstić information content (AvgIpc) is 2.00. The predicted molar refractivity (Wildman–Crippen MR) is 49.9 cm³/mol. The highest BCUT2D eigenvalue weighted by atomic mass is 31.2. The number of quaternary nitrogens is 1. The smallest absolute Gasteiger partial charge is 0.262 e. The highest BCUT2D eigenvalue weighted by molar-refractivity contribution is 7.43. The molecule has 0 rings (SSSR count). The zero-order valence-electron chi connectivity index (χ0n) is 8.73. The molecule has 0 heterocycles. The number of rotatable bonds is 3. The normalized spacial score (nSPS) is 11.9. The van der Waals surface area contributed by atoms with Crippen molar-refractivity contribution in [1.82, 2.24) is 0 Å². The van der Waals surface area contributed by atoms with Crippen LogP contribution in [0.1, 0.15) is 20.8 Å². The second kappa shape index (κ2) is 6.51. The van der Waals surface area contributed by atoms with Gasteiger partial charge in [0.1, 0.15) is 0 Å². The number of nitrogens with zero attached hydrogens (tertiary/aromatic N) is 1. The summed E-state index contributed by atoms with van der Waals surface area (Å²) in [5, 5.41) is 0. The molecule has 0 aromatic carbocycles. The summed E-state index contributed by atoms with van der Waals surface area (Å²) in [7, 11) is -2.60. The Balaban J connectivity index is 0. The van der Waals surface area contributed by atoms with Crippen LogP contribution < -0.4 is 4.89 Å². The first-order chi connectivity index (χ1) is 5.68. The molecule has 0 bridgehead atoms. The number of phosphoric acid groups is 1. The summed E-state index contributed by atoms with van der Waals surface area (Å²) < 4.78 is 9.98. The van der Waals surface area contributed by atoms with E-state index in [0.717, 1.165) is 0 Å². The van der Waals surface area contributed by atoms with Gasteiger partial charge in [-0.3, -0.25) is 4.57 Å². The van der Waals surface area contributed by atoms with Crippen molar-refractivity contribution in [3.63, 3.8) is 0 Å². The molecule has 0 unspecified atom stereocenters. The van der Waals surface area contributed by atoms with Gasteiger partial charge < -0.3 is 19.2 Å². The Hall–Kier alpha value is 0.0700. The van der Waals surface area contributed by atoms with Crippen LogP contribution in [0.3, 0.4) is 0 Å². The monoisotopic (exact) mass is 213 g/mol. The summed E-state index contributed by atoms with van der Waals surface area (Å²) in [5.74, 6) is 0. The summed E-state index contributed by atoms with van der Waals surface area (Å²) in [6, 6.07) is 0. The van der Waals surface area contributed by atoms with E-state index >= 15 is 0 Å². The van der Waals surface area contributed by atoms with Crippen LogP contribution >= 0.6 is 7.82 Å². The van der Waals surface area contributed by atoms with E-state index in [-0.39, 0.29) is 0 Å². The molecule has 0 radical (unpaired) electrons. The van der Waals surface area contributed by atoms with Crippen LogP contribution in [-0.2, 0) is 4.57 Å². The van der Waals surface area contributed by atoms with Crippen LogP contribution in [0.25, 0.3) is 0 Å². The lowest BCUT2D eigenvalue weighted by Crippen LogP contribution is -2.42. The molecule has 0 saturated heterocycles. The van der Waals surface area contributed by atoms with Crippen LogP contribution in [0.5, 0.6) is 0 Å². The summed E-state index contributed by atoms with van der Waals surface area (Å²) in [6.45, 7) is 10.5. The highest BCUT2D eigenvalue weighted by Crippen LogP contribution is 2.18. The molecular formula is C7H20NO4P. The van der Waals surface area contributed by atoms with Crippen molar-refractivity contribution in [2.45, 2.75) is 20.8 Å². The van der Waals surface area contributed by atoms with Gasteiger partial charge in [0.25, 0.3) is 7.82 Å². The first-order valence-electron chi connectivity index (χ1n) is 4.28. The Labute approximate surface area is 79.8 Å². The van der Waals surface area contributed by atoms with E-state index < -0.39 is 7.82 Å². The summed E-state index contributed by atoms with van der Waals surface area (Å²) >= 11 is 0. The summed E-state index contributed by atoms with van der Waals surface area (Å²) in [4.78, 5) is 22.9. The first kappa shape index (κ1) is 15.5. The minimum Gasteiger partial charge on any atom is -0.756 e. The van der Waals surface area contributed by atoms with Crippen molar-refractivity contribution in [3.05, 3.63) is 0 Å². The SMILES string of the molecule is CC[N+](C)(CC)CC.O=P([O-])(O)O. The molecule has 82 valence electrons. The standard InChI is InChI=1S/C7H18N.H3O4P/c1-5-8(4,6-2)7-3;1-5(2,3)4/h5-7H2,1-4H3;(H3,1,2,3,4)/q+1;/p-1. The van der Waals surface area contributed by atoms with E-state index in [9.17, 15) is 0 Å². The Morgan fingerprint density at radius 1 is 1.15 bits per heavy atom. The fourth-order valence-electron chi connectivity index (χ4n) is 0.671. The Morgan fingerprint density at radius 3 is 1.31 bits per heavy atom. The fraction of sp³-hybridized carbons (Fsp3) is 1.00. The van der Waals surface area contributed by atoms with Gasteiger partial charge in [0.2, 0.25) is 0 Å². The minimum atomic E-state index is -4.89. The maximum Gasteiger partial charge on any atom is 0.262 e. The lowest BCUT2D eigenvalue weighted by molar-refractivity contribution is -0.904. The second-order valence-electron chi connectivity index (χ2n) is 3.06. The summed E-state index contributed by atoms with van der Waals surface area (Å²) in [6.07, 6.45) is 0. The van der Waals surface area contributed by atoms with Gasteiger partial charge in [0.15, 0.2) is 0 Å². The van der Waals surface area contributed by atoms with Gasteiger partial charge in [-0.05, 0) is 20.8 Å². The first-order valence-corrected chi connectivity index (χ1v) is 5.81. The zero-order valence-corrected chi connectivity index (χ0v) is 9.62. The van der Waals surface area contributed by atoms with Gasteiger partial charge >= 0.3 is 0 Å². The lowest BCUT2D eigenvalue weighted by Gasteiger charge is -2.30. The van der Waals surface area contributed by atoms with Gasteiger partial charge in [0.05, 0.1) is 26.7 Å². The van der Waals surface area contributed by atoms with Crippen LogP contribution in [0.4, 0.5) is 0 Å². The molecule has 6 heteroatoms. The van der Waals surface area contributed by atoms with Gasteiger partial charge in [-0.2, -0.15) is 0 Å². The molecular weight excluding hydrogens is 193 g/mol. The average molecular weight is 213 g/mol. The topological polar surface area (TPSA) is 80.6 Å². The van der Waals surface area contributed by atoms with E-state index in [2.05, 4.69) is 27.8 Å². The zero-order chi connectivity index (χ0) is 11.1. The molecule has 0 aliphatic heterocycles. The number of hydrogen-bond acceptors (Lipinski definition) is 2. The van der Waals surface area contributed by atoms with E-state index in [4.69, 9.17) is 19.2 Å². The van der Waals surface area contributed by atoms with Gasteiger partial charge in [-0.25, -0.2) is 0 Å². The largest absolute Gasteiger partial charge is 0.756 e. The van der Waals surface area contributed by atoms with Crippen molar-refractivity contribution < 1.29 is 23.7 Å². The molecule has 2 N–H and O–H groups in total. The van der Waals surface area contributed by atoms with Crippen molar-refractivity contribution in [2.75, 3.05) is 26.7 Å². The molecule has 0 aliphatic rings. The van der Waals surface area contributed by atoms with Crippen LogP contribution in [0, 0.1) is 0 Å². The van der Waals surface area contributed by atoms with Crippen molar-refractivity contribution in [1.29, 1.82) is 0 Å². The van der Waals surface area contributed by atoms with Crippen LogP contribution in [-0.4, -0.2) is 41.0 Å². The molecule has 0 aromatic rings. The quantitative estimate of drug-likeness (QED) is 0.508. The fourth-order valence-corrected chi connectivity index (χ4v) is 0.671. The highest BCUT2D eigenvalue weighted by Gasteiger charge is 2.10. The third kappa shape index (κ3) is 14.9. The van der Waals surface area contributed by atoms with Gasteiger partial charge in [-0.1, -0.05) is 0 Å². The summed E-state index contributed by atoms with van der Waals surface area (Å²) in [5.41, 5.74) is 0. The van der Waals surface area contributed by atoms with Crippen molar-refractivity contribution in [3.8, 4) is 0 Å². The third-order valence-corrected chi connectivity index (χ3v) is 2.29. The van der Waals surface area contributed by atoms with Crippen LogP contribution in [0.15, 0.2) is 0 Å². The Kier molecular flexibility index (Phi) is 7.78. The molecule has 0 spiro atoms. The minimum absolute atomic E-state index is 1.21. The third-order valence-electron chi connectivity index (χ3n) is 2.29. The molecule has 0 fully saturated rings.